The first-order valence-corrected chi connectivity index (χ1v) is 5.75. The number of rotatable bonds is 7. The van der Waals surface area contributed by atoms with Crippen LogP contribution in [-0.4, -0.2) is 15.0 Å². The number of aryl methyl sites for hydroxylation is 2. The lowest BCUT2D eigenvalue weighted by atomic mass is 10.1. The number of hydrogen-bond acceptors (Lipinski definition) is 2. The Morgan fingerprint density at radius 2 is 2.00 bits per heavy atom. The van der Waals surface area contributed by atoms with Crippen LogP contribution in [-0.2, 0) is 13.0 Å². The van der Waals surface area contributed by atoms with Gasteiger partial charge in [-0.15, -0.1) is 5.10 Å². The second kappa shape index (κ2) is 6.57. The molecule has 0 aromatic carbocycles. The minimum absolute atomic E-state index is 1.00. The molecule has 0 aliphatic rings. The van der Waals surface area contributed by atoms with Gasteiger partial charge < -0.3 is 0 Å². The molecular formula is C11H21N3. The van der Waals surface area contributed by atoms with Crippen LogP contribution < -0.4 is 0 Å². The standard InChI is InChI=1S/C11H21N3/c1-3-5-6-7-8-11-10-12-13-14(11)9-4-2/h10H,3-9H2,1-2H3. The van der Waals surface area contributed by atoms with Crippen LogP contribution in [0.15, 0.2) is 6.20 Å². The molecule has 0 N–H and O–H groups in total. The summed E-state index contributed by atoms with van der Waals surface area (Å²) >= 11 is 0. The van der Waals surface area contributed by atoms with E-state index in [9.17, 15) is 0 Å². The van der Waals surface area contributed by atoms with E-state index in [4.69, 9.17) is 0 Å². The van der Waals surface area contributed by atoms with Crippen molar-refractivity contribution in [3.05, 3.63) is 11.9 Å². The second-order valence-corrected chi connectivity index (χ2v) is 3.76. The van der Waals surface area contributed by atoms with E-state index in [1.165, 1.54) is 31.4 Å². The van der Waals surface area contributed by atoms with Crippen molar-refractivity contribution in [2.45, 2.75) is 58.9 Å². The highest BCUT2D eigenvalue weighted by Crippen LogP contribution is 2.06. The lowest BCUT2D eigenvalue weighted by Gasteiger charge is -2.03. The first-order chi connectivity index (χ1) is 6.88. The molecule has 1 heterocycles. The van der Waals surface area contributed by atoms with Gasteiger partial charge in [-0.2, -0.15) is 0 Å². The predicted molar refractivity (Wildman–Crippen MR) is 58.2 cm³/mol. The SMILES string of the molecule is CCCCCCc1cnnn1CCC. The molecule has 3 nitrogen and oxygen atoms in total. The van der Waals surface area contributed by atoms with Crippen LogP contribution in [0.4, 0.5) is 0 Å². The smallest absolute Gasteiger partial charge is 0.0725 e. The minimum atomic E-state index is 1.00. The fourth-order valence-electron chi connectivity index (χ4n) is 1.61. The summed E-state index contributed by atoms with van der Waals surface area (Å²) in [5.41, 5.74) is 1.29. The van der Waals surface area contributed by atoms with E-state index in [-0.39, 0.29) is 0 Å². The summed E-state index contributed by atoms with van der Waals surface area (Å²) in [4.78, 5) is 0. The number of unbranched alkanes of at least 4 members (excludes halogenated alkanes) is 3. The van der Waals surface area contributed by atoms with Crippen molar-refractivity contribution in [3.8, 4) is 0 Å². The lowest BCUT2D eigenvalue weighted by molar-refractivity contribution is 0.543. The summed E-state index contributed by atoms with van der Waals surface area (Å²) in [6.45, 7) is 5.41. The second-order valence-electron chi connectivity index (χ2n) is 3.76. The Labute approximate surface area is 86.5 Å². The van der Waals surface area contributed by atoms with Crippen LogP contribution >= 0.6 is 0 Å². The summed E-state index contributed by atoms with van der Waals surface area (Å²) < 4.78 is 2.03. The Morgan fingerprint density at radius 1 is 1.14 bits per heavy atom. The molecule has 80 valence electrons. The summed E-state index contributed by atoms with van der Waals surface area (Å²) in [5.74, 6) is 0. The van der Waals surface area contributed by atoms with Crippen LogP contribution in [0.5, 0.6) is 0 Å². The maximum atomic E-state index is 4.07. The Morgan fingerprint density at radius 3 is 2.71 bits per heavy atom. The highest BCUT2D eigenvalue weighted by atomic mass is 15.4. The van der Waals surface area contributed by atoms with Gasteiger partial charge in [0.05, 0.1) is 11.9 Å². The average Bonchev–Trinajstić information content (AvgIpc) is 2.61. The predicted octanol–water partition coefficient (Wildman–Crippen LogP) is 2.81. The van der Waals surface area contributed by atoms with Crippen molar-refractivity contribution in [1.29, 1.82) is 0 Å². The Bertz CT molecular complexity index is 242. The molecule has 14 heavy (non-hydrogen) atoms. The minimum Gasteiger partial charge on any atom is -0.249 e. The fraction of sp³-hybridized carbons (Fsp3) is 0.818. The molecule has 0 saturated heterocycles. The van der Waals surface area contributed by atoms with E-state index in [0.717, 1.165) is 19.4 Å². The average molecular weight is 195 g/mol. The third kappa shape index (κ3) is 3.48. The fourth-order valence-corrected chi connectivity index (χ4v) is 1.61. The first kappa shape index (κ1) is 11.2. The largest absolute Gasteiger partial charge is 0.249 e. The Hall–Kier alpha value is -0.860. The van der Waals surface area contributed by atoms with Gasteiger partial charge in [0.15, 0.2) is 0 Å². The van der Waals surface area contributed by atoms with E-state index in [1.54, 1.807) is 0 Å². The van der Waals surface area contributed by atoms with E-state index in [1.807, 2.05) is 10.9 Å². The van der Waals surface area contributed by atoms with E-state index in [2.05, 4.69) is 24.2 Å². The van der Waals surface area contributed by atoms with Gasteiger partial charge in [0.1, 0.15) is 0 Å². The Balaban J connectivity index is 2.30. The van der Waals surface area contributed by atoms with Gasteiger partial charge in [0.2, 0.25) is 0 Å². The molecule has 0 saturated carbocycles. The lowest BCUT2D eigenvalue weighted by Crippen LogP contribution is -2.04. The normalized spacial score (nSPS) is 10.7. The molecule has 1 aromatic rings. The summed E-state index contributed by atoms with van der Waals surface area (Å²) in [6.07, 6.45) is 9.40. The van der Waals surface area contributed by atoms with E-state index < -0.39 is 0 Å². The number of nitrogens with zero attached hydrogens (tertiary/aromatic N) is 3. The quantitative estimate of drug-likeness (QED) is 0.626. The molecule has 0 amide bonds. The van der Waals surface area contributed by atoms with Crippen molar-refractivity contribution in [2.24, 2.45) is 0 Å². The summed E-state index contributed by atoms with van der Waals surface area (Å²) in [7, 11) is 0. The zero-order valence-corrected chi connectivity index (χ0v) is 9.37. The zero-order chi connectivity index (χ0) is 10.2. The first-order valence-electron chi connectivity index (χ1n) is 5.75. The van der Waals surface area contributed by atoms with Crippen LogP contribution in [0.25, 0.3) is 0 Å². The van der Waals surface area contributed by atoms with E-state index in [0.29, 0.717) is 0 Å². The van der Waals surface area contributed by atoms with Crippen molar-refractivity contribution < 1.29 is 0 Å². The van der Waals surface area contributed by atoms with Crippen LogP contribution in [0.2, 0.25) is 0 Å². The van der Waals surface area contributed by atoms with Gasteiger partial charge in [-0.25, -0.2) is 4.68 Å². The number of hydrogen-bond donors (Lipinski definition) is 0. The monoisotopic (exact) mass is 195 g/mol. The highest BCUT2D eigenvalue weighted by Gasteiger charge is 2.01. The van der Waals surface area contributed by atoms with Gasteiger partial charge in [-0.3, -0.25) is 0 Å². The van der Waals surface area contributed by atoms with Gasteiger partial charge >= 0.3 is 0 Å². The molecule has 1 aromatic heterocycles. The highest BCUT2D eigenvalue weighted by molar-refractivity contribution is 4.93. The third-order valence-electron chi connectivity index (χ3n) is 2.42. The topological polar surface area (TPSA) is 30.7 Å². The molecular weight excluding hydrogens is 174 g/mol. The van der Waals surface area contributed by atoms with Crippen LogP contribution in [0, 0.1) is 0 Å². The van der Waals surface area contributed by atoms with Crippen molar-refractivity contribution in [2.75, 3.05) is 0 Å². The third-order valence-corrected chi connectivity index (χ3v) is 2.42. The molecule has 0 bridgehead atoms. The summed E-state index contributed by atoms with van der Waals surface area (Å²) in [5, 5.41) is 8.02. The molecule has 0 radical (unpaired) electrons. The molecule has 0 aliphatic carbocycles. The molecule has 0 unspecified atom stereocenters. The van der Waals surface area contributed by atoms with Gasteiger partial charge in [-0.1, -0.05) is 38.3 Å². The zero-order valence-electron chi connectivity index (χ0n) is 9.37. The maximum Gasteiger partial charge on any atom is 0.0725 e. The van der Waals surface area contributed by atoms with Crippen molar-refractivity contribution in [1.82, 2.24) is 15.0 Å². The van der Waals surface area contributed by atoms with Gasteiger partial charge in [0, 0.05) is 6.54 Å². The Kier molecular flexibility index (Phi) is 5.27. The molecule has 3 heteroatoms. The molecule has 0 atom stereocenters. The molecule has 0 aliphatic heterocycles. The van der Waals surface area contributed by atoms with Gasteiger partial charge in [-0.05, 0) is 19.3 Å². The molecule has 0 spiro atoms. The van der Waals surface area contributed by atoms with Crippen LogP contribution in [0.3, 0.4) is 0 Å². The van der Waals surface area contributed by atoms with E-state index >= 15 is 0 Å². The number of aromatic nitrogens is 3. The summed E-state index contributed by atoms with van der Waals surface area (Å²) in [6, 6.07) is 0. The maximum absolute atomic E-state index is 4.07. The molecule has 0 fully saturated rings. The van der Waals surface area contributed by atoms with Crippen LogP contribution in [0.1, 0.15) is 51.6 Å². The van der Waals surface area contributed by atoms with Crippen molar-refractivity contribution >= 4 is 0 Å². The van der Waals surface area contributed by atoms with Gasteiger partial charge in [0.25, 0.3) is 0 Å². The molecule has 1 rings (SSSR count). The van der Waals surface area contributed by atoms with Crippen molar-refractivity contribution in [3.63, 3.8) is 0 Å².